The lowest BCUT2D eigenvalue weighted by molar-refractivity contribution is -0.114. The molecule has 0 aliphatic heterocycles. The number of thiazole rings is 1. The van der Waals surface area contributed by atoms with Gasteiger partial charge in [-0.25, -0.2) is 14.6 Å². The number of anilines is 2. The van der Waals surface area contributed by atoms with Crippen molar-refractivity contribution in [3.63, 3.8) is 0 Å². The van der Waals surface area contributed by atoms with Gasteiger partial charge in [-0.2, -0.15) is 10.4 Å². The number of nitriles is 1. The van der Waals surface area contributed by atoms with Crippen LogP contribution < -0.4 is 10.7 Å². The van der Waals surface area contributed by atoms with Gasteiger partial charge < -0.3 is 9.84 Å². The highest BCUT2D eigenvalue weighted by Gasteiger charge is 2.22. The molecular weight excluding hydrogens is 426 g/mol. The second-order valence-corrected chi connectivity index (χ2v) is 6.88. The van der Waals surface area contributed by atoms with Gasteiger partial charge in [0.25, 0.3) is 5.91 Å². The first-order chi connectivity index (χ1) is 14.7. The van der Waals surface area contributed by atoms with Crippen LogP contribution in [0.15, 0.2) is 23.3 Å². The number of carbonyl (C=O) groups is 4. The number of nitrogens with one attached hydrogen (secondary N) is 2. The summed E-state index contributed by atoms with van der Waals surface area (Å²) in [4.78, 5) is 52.0. The fraction of sp³-hybridized carbons (Fsp3) is 0.211. The van der Waals surface area contributed by atoms with E-state index in [1.807, 2.05) is 6.07 Å². The van der Waals surface area contributed by atoms with E-state index in [1.165, 1.54) is 18.2 Å². The number of carbonyl (C=O) groups excluding carboxylic acids is 3. The van der Waals surface area contributed by atoms with Gasteiger partial charge in [-0.1, -0.05) is 17.4 Å². The Bertz CT molecular complexity index is 1130. The number of benzene rings is 1. The lowest BCUT2D eigenvalue weighted by Crippen LogP contribution is -2.29. The SMILES string of the molecule is CCOC(=O)c1sc(NC(=O)/C(=N/Nc2c(C#N)cccc2C(=O)O)C(C)=O)nc1C. The lowest BCUT2D eigenvalue weighted by Gasteiger charge is -2.09. The number of ether oxygens (including phenoxy) is 1. The summed E-state index contributed by atoms with van der Waals surface area (Å²) in [5.74, 6) is -3.58. The standard InChI is InChI=1S/C19H17N5O6S/c1-4-30-18(29)15-9(2)21-19(31-15)22-16(26)13(10(3)25)23-24-14-11(8-20)6-5-7-12(14)17(27)28/h5-7,24H,4H2,1-3H3,(H,27,28)(H,21,22,26)/b23-13+. The Morgan fingerprint density at radius 2 is 2.03 bits per heavy atom. The third-order valence-electron chi connectivity index (χ3n) is 3.72. The van der Waals surface area contributed by atoms with Gasteiger partial charge >= 0.3 is 11.9 Å². The number of aryl methyl sites for hydroxylation is 1. The third-order valence-corrected chi connectivity index (χ3v) is 4.77. The molecule has 11 nitrogen and oxygen atoms in total. The first-order valence-electron chi connectivity index (χ1n) is 8.76. The number of hydrogen-bond acceptors (Lipinski definition) is 10. The van der Waals surface area contributed by atoms with Gasteiger partial charge in [0, 0.05) is 6.92 Å². The molecule has 2 rings (SSSR count). The molecule has 1 heterocycles. The van der Waals surface area contributed by atoms with Crippen molar-refractivity contribution in [3.05, 3.63) is 39.9 Å². The number of hydrazone groups is 1. The van der Waals surface area contributed by atoms with E-state index in [0.29, 0.717) is 5.69 Å². The number of esters is 1. The van der Waals surface area contributed by atoms with Crippen molar-refractivity contribution in [3.8, 4) is 6.07 Å². The van der Waals surface area contributed by atoms with Crippen molar-refractivity contribution < 1.29 is 29.0 Å². The number of ketones is 1. The van der Waals surface area contributed by atoms with E-state index in [-0.39, 0.29) is 33.4 Å². The minimum Gasteiger partial charge on any atom is -0.478 e. The third kappa shape index (κ3) is 5.49. The summed E-state index contributed by atoms with van der Waals surface area (Å²) in [6.07, 6.45) is 0. The normalized spacial score (nSPS) is 10.7. The Morgan fingerprint density at radius 1 is 1.32 bits per heavy atom. The zero-order valence-corrected chi connectivity index (χ0v) is 17.5. The Balaban J connectivity index is 2.31. The summed E-state index contributed by atoms with van der Waals surface area (Å²) >= 11 is 0.867. The molecule has 0 bridgehead atoms. The maximum Gasteiger partial charge on any atom is 0.350 e. The van der Waals surface area contributed by atoms with Crippen LogP contribution in [0.5, 0.6) is 0 Å². The second-order valence-electron chi connectivity index (χ2n) is 5.88. The number of rotatable bonds is 8. The zero-order chi connectivity index (χ0) is 23.1. The molecule has 1 amide bonds. The van der Waals surface area contributed by atoms with E-state index in [1.54, 1.807) is 13.8 Å². The summed E-state index contributed by atoms with van der Waals surface area (Å²) in [7, 11) is 0. The molecule has 2 aromatic rings. The second kappa shape index (κ2) is 10.1. The molecule has 160 valence electrons. The van der Waals surface area contributed by atoms with Crippen molar-refractivity contribution in [1.82, 2.24) is 4.98 Å². The van der Waals surface area contributed by atoms with Crippen molar-refractivity contribution >= 4 is 51.5 Å². The van der Waals surface area contributed by atoms with E-state index in [0.717, 1.165) is 18.3 Å². The molecule has 0 aliphatic rings. The predicted molar refractivity (Wildman–Crippen MR) is 111 cm³/mol. The van der Waals surface area contributed by atoms with Crippen LogP contribution in [0.1, 0.15) is 45.1 Å². The number of hydrogen-bond donors (Lipinski definition) is 3. The topological polar surface area (TPSA) is 171 Å². The van der Waals surface area contributed by atoms with Crippen LogP contribution in [-0.2, 0) is 14.3 Å². The van der Waals surface area contributed by atoms with Crippen molar-refractivity contribution in [2.24, 2.45) is 5.10 Å². The molecule has 0 fully saturated rings. The van der Waals surface area contributed by atoms with Gasteiger partial charge in [0.1, 0.15) is 10.9 Å². The number of carboxylic acids is 1. The zero-order valence-electron chi connectivity index (χ0n) is 16.7. The first-order valence-corrected chi connectivity index (χ1v) is 9.58. The quantitative estimate of drug-likeness (QED) is 0.239. The average Bonchev–Trinajstić information content (AvgIpc) is 3.07. The highest BCUT2D eigenvalue weighted by molar-refractivity contribution is 7.17. The molecule has 0 spiro atoms. The lowest BCUT2D eigenvalue weighted by atomic mass is 10.1. The Morgan fingerprint density at radius 3 is 2.61 bits per heavy atom. The first kappa shape index (κ1) is 23.2. The maximum atomic E-state index is 12.5. The minimum absolute atomic E-state index is 0.0402. The van der Waals surface area contributed by atoms with Gasteiger partial charge in [-0.3, -0.25) is 20.3 Å². The van der Waals surface area contributed by atoms with Crippen LogP contribution >= 0.6 is 11.3 Å². The van der Waals surface area contributed by atoms with Crippen LogP contribution in [-0.4, -0.2) is 46.0 Å². The van der Waals surface area contributed by atoms with Crippen molar-refractivity contribution in [2.75, 3.05) is 17.3 Å². The largest absolute Gasteiger partial charge is 0.478 e. The molecule has 0 unspecified atom stereocenters. The molecular formula is C19H17N5O6S. The minimum atomic E-state index is -1.33. The van der Waals surface area contributed by atoms with E-state index in [2.05, 4.69) is 20.8 Å². The van der Waals surface area contributed by atoms with Gasteiger partial charge in [-0.05, 0) is 26.0 Å². The van der Waals surface area contributed by atoms with Crippen LogP contribution in [0, 0.1) is 18.3 Å². The van der Waals surface area contributed by atoms with E-state index >= 15 is 0 Å². The molecule has 1 aromatic heterocycles. The molecule has 12 heteroatoms. The molecule has 31 heavy (non-hydrogen) atoms. The smallest absolute Gasteiger partial charge is 0.350 e. The molecule has 0 saturated carbocycles. The van der Waals surface area contributed by atoms with Crippen molar-refractivity contribution in [2.45, 2.75) is 20.8 Å². The molecule has 0 aliphatic carbocycles. The highest BCUT2D eigenvalue weighted by Crippen LogP contribution is 2.24. The van der Waals surface area contributed by atoms with Crippen LogP contribution in [0.4, 0.5) is 10.8 Å². The molecule has 0 radical (unpaired) electrons. The number of amides is 1. The summed E-state index contributed by atoms with van der Waals surface area (Å²) in [6.45, 7) is 4.48. The summed E-state index contributed by atoms with van der Waals surface area (Å²) in [6, 6.07) is 5.78. The monoisotopic (exact) mass is 443 g/mol. The van der Waals surface area contributed by atoms with Crippen molar-refractivity contribution in [1.29, 1.82) is 5.26 Å². The van der Waals surface area contributed by atoms with E-state index in [4.69, 9.17) is 4.74 Å². The van der Waals surface area contributed by atoms with Crippen LogP contribution in [0.2, 0.25) is 0 Å². The van der Waals surface area contributed by atoms with Gasteiger partial charge in [0.15, 0.2) is 16.6 Å². The van der Waals surface area contributed by atoms with E-state index < -0.39 is 29.3 Å². The van der Waals surface area contributed by atoms with Gasteiger partial charge in [0.05, 0.1) is 29.1 Å². The summed E-state index contributed by atoms with van der Waals surface area (Å²) in [5, 5.41) is 24.6. The van der Waals surface area contributed by atoms with Gasteiger partial charge in [0.2, 0.25) is 0 Å². The fourth-order valence-electron chi connectivity index (χ4n) is 2.34. The van der Waals surface area contributed by atoms with E-state index in [9.17, 15) is 29.5 Å². The summed E-state index contributed by atoms with van der Waals surface area (Å²) in [5.41, 5.74) is 1.61. The number of para-hydroxylation sites is 1. The molecule has 0 atom stereocenters. The Labute approximate surface area is 180 Å². The summed E-state index contributed by atoms with van der Waals surface area (Å²) < 4.78 is 4.91. The maximum absolute atomic E-state index is 12.5. The molecule has 0 saturated heterocycles. The Hall–Kier alpha value is -4.11. The van der Waals surface area contributed by atoms with Crippen LogP contribution in [0.25, 0.3) is 0 Å². The highest BCUT2D eigenvalue weighted by atomic mass is 32.1. The Kier molecular flexibility index (Phi) is 7.53. The number of carboxylic acid groups (broad SMARTS) is 1. The number of aromatic carboxylic acids is 1. The predicted octanol–water partition coefficient (Wildman–Crippen LogP) is 2.19. The van der Waals surface area contributed by atoms with Gasteiger partial charge in [-0.15, -0.1) is 0 Å². The fourth-order valence-corrected chi connectivity index (χ4v) is 3.19. The van der Waals surface area contributed by atoms with Crippen LogP contribution in [0.3, 0.4) is 0 Å². The number of aromatic nitrogens is 1. The molecule has 1 aromatic carbocycles. The number of nitrogens with zero attached hydrogens (tertiary/aromatic N) is 3. The molecule has 3 N–H and O–H groups in total. The average molecular weight is 443 g/mol. The number of Topliss-reactive ketones (excluding diaryl/α,β-unsaturated/α-hetero) is 1.